The SMILES string of the molecule is CCc1noc2ncc(C(=O)NC(CN)CC(C)C)cc12. The van der Waals surface area contributed by atoms with Crippen LogP contribution in [0.25, 0.3) is 11.1 Å². The third-order valence-electron chi connectivity index (χ3n) is 3.38. The second kappa shape index (κ2) is 6.67. The Morgan fingerprint density at radius 2 is 2.24 bits per heavy atom. The second-order valence-electron chi connectivity index (χ2n) is 5.60. The molecule has 2 heterocycles. The van der Waals surface area contributed by atoms with Crippen LogP contribution in [0.4, 0.5) is 0 Å². The van der Waals surface area contributed by atoms with Gasteiger partial charge in [-0.2, -0.15) is 0 Å². The van der Waals surface area contributed by atoms with Crippen molar-refractivity contribution < 1.29 is 9.32 Å². The molecule has 0 saturated carbocycles. The van der Waals surface area contributed by atoms with E-state index >= 15 is 0 Å². The van der Waals surface area contributed by atoms with E-state index in [1.165, 1.54) is 6.20 Å². The lowest BCUT2D eigenvalue weighted by atomic mass is 10.0. The highest BCUT2D eigenvalue weighted by molar-refractivity contribution is 5.97. The molecule has 2 aromatic rings. The molecule has 0 spiro atoms. The highest BCUT2D eigenvalue weighted by atomic mass is 16.5. The number of nitrogens with zero attached hydrogens (tertiary/aromatic N) is 2. The number of aromatic nitrogens is 2. The molecule has 1 atom stereocenters. The molecule has 1 unspecified atom stereocenters. The summed E-state index contributed by atoms with van der Waals surface area (Å²) in [6.45, 7) is 6.62. The number of nitrogens with two attached hydrogens (primary N) is 1. The summed E-state index contributed by atoms with van der Waals surface area (Å²) < 4.78 is 5.12. The van der Waals surface area contributed by atoms with Crippen molar-refractivity contribution in [3.8, 4) is 0 Å². The summed E-state index contributed by atoms with van der Waals surface area (Å²) in [7, 11) is 0. The van der Waals surface area contributed by atoms with Crippen LogP contribution in [0.5, 0.6) is 0 Å². The van der Waals surface area contributed by atoms with Gasteiger partial charge in [-0.15, -0.1) is 0 Å². The first-order valence-electron chi connectivity index (χ1n) is 7.30. The fourth-order valence-electron chi connectivity index (χ4n) is 2.31. The van der Waals surface area contributed by atoms with E-state index in [0.717, 1.165) is 23.9 Å². The average Bonchev–Trinajstić information content (AvgIpc) is 2.87. The molecule has 6 heteroatoms. The Hall–Kier alpha value is -1.95. The predicted molar refractivity (Wildman–Crippen MR) is 80.9 cm³/mol. The fourth-order valence-corrected chi connectivity index (χ4v) is 2.31. The molecule has 2 aromatic heterocycles. The molecule has 2 rings (SSSR count). The molecule has 0 bridgehead atoms. The Morgan fingerprint density at radius 1 is 1.48 bits per heavy atom. The summed E-state index contributed by atoms with van der Waals surface area (Å²) in [5.74, 6) is 0.313. The average molecular weight is 290 g/mol. The number of pyridine rings is 1. The van der Waals surface area contributed by atoms with E-state index in [2.05, 4.69) is 29.3 Å². The lowest BCUT2D eigenvalue weighted by Gasteiger charge is -2.18. The number of fused-ring (bicyclic) bond motifs is 1. The molecule has 3 N–H and O–H groups in total. The van der Waals surface area contributed by atoms with Crippen molar-refractivity contribution in [1.82, 2.24) is 15.5 Å². The van der Waals surface area contributed by atoms with E-state index in [0.29, 0.717) is 23.7 Å². The quantitative estimate of drug-likeness (QED) is 0.847. The Labute approximate surface area is 124 Å². The van der Waals surface area contributed by atoms with Crippen LogP contribution in [-0.4, -0.2) is 28.6 Å². The predicted octanol–water partition coefficient (Wildman–Crippen LogP) is 1.89. The summed E-state index contributed by atoms with van der Waals surface area (Å²) in [5.41, 5.74) is 7.48. The highest BCUT2D eigenvalue weighted by Crippen LogP contribution is 2.18. The van der Waals surface area contributed by atoms with Gasteiger partial charge in [0.15, 0.2) is 0 Å². The number of nitrogens with one attached hydrogen (secondary N) is 1. The second-order valence-corrected chi connectivity index (χ2v) is 5.60. The summed E-state index contributed by atoms with van der Waals surface area (Å²) in [6.07, 6.45) is 3.09. The summed E-state index contributed by atoms with van der Waals surface area (Å²) in [4.78, 5) is 16.4. The first-order chi connectivity index (χ1) is 10.0. The third kappa shape index (κ3) is 3.58. The molecule has 0 aliphatic heterocycles. The van der Waals surface area contributed by atoms with E-state index in [1.807, 2.05) is 6.92 Å². The van der Waals surface area contributed by atoms with Gasteiger partial charge in [-0.25, -0.2) is 4.98 Å². The zero-order valence-corrected chi connectivity index (χ0v) is 12.7. The van der Waals surface area contributed by atoms with Gasteiger partial charge in [0.1, 0.15) is 0 Å². The Bertz CT molecular complexity index is 621. The molecule has 114 valence electrons. The Morgan fingerprint density at radius 3 is 2.86 bits per heavy atom. The molecular formula is C15H22N4O2. The molecule has 0 aliphatic carbocycles. The van der Waals surface area contributed by atoms with Crippen LogP contribution in [0.3, 0.4) is 0 Å². The minimum absolute atomic E-state index is 0.0266. The molecule has 0 radical (unpaired) electrons. The van der Waals surface area contributed by atoms with Crippen LogP contribution in [0, 0.1) is 5.92 Å². The van der Waals surface area contributed by atoms with Gasteiger partial charge >= 0.3 is 0 Å². The summed E-state index contributed by atoms with van der Waals surface area (Å²) in [5, 5.41) is 7.69. The van der Waals surface area contributed by atoms with Crippen LogP contribution < -0.4 is 11.1 Å². The maximum Gasteiger partial charge on any atom is 0.257 e. The third-order valence-corrected chi connectivity index (χ3v) is 3.38. The van der Waals surface area contributed by atoms with E-state index in [1.54, 1.807) is 6.07 Å². The van der Waals surface area contributed by atoms with Crippen LogP contribution in [0.2, 0.25) is 0 Å². The van der Waals surface area contributed by atoms with Gasteiger partial charge in [0.05, 0.1) is 16.6 Å². The van der Waals surface area contributed by atoms with Crippen molar-refractivity contribution >= 4 is 17.0 Å². The molecule has 0 aliphatic rings. The molecule has 0 aromatic carbocycles. The van der Waals surface area contributed by atoms with Gasteiger partial charge in [0, 0.05) is 18.8 Å². The molecular weight excluding hydrogens is 268 g/mol. The highest BCUT2D eigenvalue weighted by Gasteiger charge is 2.16. The van der Waals surface area contributed by atoms with Crippen LogP contribution in [-0.2, 0) is 6.42 Å². The number of hydrogen-bond acceptors (Lipinski definition) is 5. The number of carbonyl (C=O) groups excluding carboxylic acids is 1. The van der Waals surface area contributed by atoms with E-state index in [4.69, 9.17) is 10.3 Å². The van der Waals surface area contributed by atoms with E-state index in [9.17, 15) is 4.79 Å². The lowest BCUT2D eigenvalue weighted by molar-refractivity contribution is 0.0933. The zero-order chi connectivity index (χ0) is 15.4. The number of carbonyl (C=O) groups is 1. The summed E-state index contributed by atoms with van der Waals surface area (Å²) >= 11 is 0. The standard InChI is InChI=1S/C15H22N4O2/c1-4-13-12-6-10(8-17-15(12)21-19-13)14(20)18-11(7-16)5-9(2)3/h6,8-9,11H,4-5,7,16H2,1-3H3,(H,18,20). The zero-order valence-electron chi connectivity index (χ0n) is 12.7. The topological polar surface area (TPSA) is 94.0 Å². The van der Waals surface area contributed by atoms with Gasteiger partial charge in [0.25, 0.3) is 11.6 Å². The van der Waals surface area contributed by atoms with Crippen LogP contribution in [0.1, 0.15) is 43.2 Å². The van der Waals surface area contributed by atoms with Crippen molar-refractivity contribution in [2.24, 2.45) is 11.7 Å². The van der Waals surface area contributed by atoms with Crippen molar-refractivity contribution in [3.05, 3.63) is 23.5 Å². The monoisotopic (exact) mass is 290 g/mol. The Balaban J connectivity index is 2.18. The molecule has 0 fully saturated rings. The minimum atomic E-state index is -0.163. The van der Waals surface area contributed by atoms with Crippen LogP contribution in [0.15, 0.2) is 16.8 Å². The molecule has 1 amide bonds. The maximum absolute atomic E-state index is 12.3. The number of amides is 1. The fraction of sp³-hybridized carbons (Fsp3) is 0.533. The van der Waals surface area contributed by atoms with Gasteiger partial charge in [-0.3, -0.25) is 4.79 Å². The van der Waals surface area contributed by atoms with Gasteiger partial charge in [0.2, 0.25) is 0 Å². The van der Waals surface area contributed by atoms with Crippen molar-refractivity contribution in [2.45, 2.75) is 39.7 Å². The minimum Gasteiger partial charge on any atom is -0.348 e. The van der Waals surface area contributed by atoms with Crippen molar-refractivity contribution in [1.29, 1.82) is 0 Å². The van der Waals surface area contributed by atoms with E-state index in [-0.39, 0.29) is 11.9 Å². The molecule has 0 saturated heterocycles. The van der Waals surface area contributed by atoms with Gasteiger partial charge < -0.3 is 15.6 Å². The van der Waals surface area contributed by atoms with Gasteiger partial charge in [-0.05, 0) is 24.8 Å². The number of aryl methyl sites for hydroxylation is 1. The van der Waals surface area contributed by atoms with Crippen molar-refractivity contribution in [2.75, 3.05) is 6.54 Å². The van der Waals surface area contributed by atoms with Gasteiger partial charge in [-0.1, -0.05) is 25.9 Å². The lowest BCUT2D eigenvalue weighted by Crippen LogP contribution is -2.41. The maximum atomic E-state index is 12.3. The molecule has 6 nitrogen and oxygen atoms in total. The first-order valence-corrected chi connectivity index (χ1v) is 7.30. The smallest absolute Gasteiger partial charge is 0.257 e. The Kier molecular flexibility index (Phi) is 4.90. The number of hydrogen-bond donors (Lipinski definition) is 2. The summed E-state index contributed by atoms with van der Waals surface area (Å²) in [6, 6.07) is 1.75. The molecule has 21 heavy (non-hydrogen) atoms. The largest absolute Gasteiger partial charge is 0.348 e. The van der Waals surface area contributed by atoms with E-state index < -0.39 is 0 Å². The normalized spacial score (nSPS) is 12.8. The first kappa shape index (κ1) is 15.4. The number of rotatable bonds is 6. The van der Waals surface area contributed by atoms with Crippen LogP contribution >= 0.6 is 0 Å². The van der Waals surface area contributed by atoms with Crippen molar-refractivity contribution in [3.63, 3.8) is 0 Å².